The van der Waals surface area contributed by atoms with Crippen molar-refractivity contribution < 1.29 is 0 Å². The third-order valence-corrected chi connectivity index (χ3v) is 1.87. The Balaban J connectivity index is 3.16. The second-order valence-corrected chi connectivity index (χ2v) is 4.25. The average Bonchev–Trinajstić information content (AvgIpc) is 2.01. The Kier molecular flexibility index (Phi) is 2.66. The molecular formula is C10H17N3. The van der Waals surface area contributed by atoms with Crippen LogP contribution in [0.2, 0.25) is 0 Å². The molecule has 0 radical (unpaired) electrons. The van der Waals surface area contributed by atoms with E-state index in [1.807, 2.05) is 13.0 Å². The molecule has 0 fully saturated rings. The molecule has 1 aromatic rings. The summed E-state index contributed by atoms with van der Waals surface area (Å²) in [7, 11) is 0. The van der Waals surface area contributed by atoms with Crippen molar-refractivity contribution in [1.29, 1.82) is 0 Å². The lowest BCUT2D eigenvalue weighted by Crippen LogP contribution is -2.16. The van der Waals surface area contributed by atoms with E-state index in [-0.39, 0.29) is 5.41 Å². The molecule has 0 atom stereocenters. The minimum atomic E-state index is 0.0671. The Bertz CT molecular complexity index is 300. The van der Waals surface area contributed by atoms with Gasteiger partial charge < -0.3 is 5.73 Å². The summed E-state index contributed by atoms with van der Waals surface area (Å²) in [5.74, 6) is 0.799. The summed E-state index contributed by atoms with van der Waals surface area (Å²) in [4.78, 5) is 8.62. The maximum absolute atomic E-state index is 5.54. The molecule has 0 aliphatic heterocycles. The molecule has 2 N–H and O–H groups in total. The van der Waals surface area contributed by atoms with Crippen LogP contribution < -0.4 is 5.73 Å². The zero-order valence-corrected chi connectivity index (χ0v) is 8.76. The highest BCUT2D eigenvalue weighted by molar-refractivity contribution is 5.17. The Labute approximate surface area is 79.4 Å². The third-order valence-electron chi connectivity index (χ3n) is 1.87. The summed E-state index contributed by atoms with van der Waals surface area (Å²) >= 11 is 0. The zero-order valence-electron chi connectivity index (χ0n) is 8.76. The molecule has 0 saturated heterocycles. The molecule has 3 nitrogen and oxygen atoms in total. The molecule has 0 saturated carbocycles. The molecule has 1 aromatic heterocycles. The highest BCUT2D eigenvalue weighted by atomic mass is 14.9. The van der Waals surface area contributed by atoms with E-state index in [1.54, 1.807) is 0 Å². The van der Waals surface area contributed by atoms with Crippen molar-refractivity contribution in [3.63, 3.8) is 0 Å². The van der Waals surface area contributed by atoms with Crippen LogP contribution in [0.15, 0.2) is 6.07 Å². The van der Waals surface area contributed by atoms with Crippen molar-refractivity contribution in [2.75, 3.05) is 0 Å². The largest absolute Gasteiger partial charge is 0.325 e. The van der Waals surface area contributed by atoms with E-state index >= 15 is 0 Å². The SMILES string of the molecule is Cc1nc(CN)cc(C(C)(C)C)n1. The molecule has 0 unspecified atom stereocenters. The molecule has 0 amide bonds. The number of nitrogens with two attached hydrogens (primary N) is 1. The van der Waals surface area contributed by atoms with E-state index in [0.717, 1.165) is 17.2 Å². The Morgan fingerprint density at radius 3 is 2.38 bits per heavy atom. The summed E-state index contributed by atoms with van der Waals surface area (Å²) in [6.45, 7) is 8.78. The van der Waals surface area contributed by atoms with E-state index in [0.29, 0.717) is 6.54 Å². The molecule has 0 bridgehead atoms. The summed E-state index contributed by atoms with van der Waals surface area (Å²) in [6.07, 6.45) is 0. The highest BCUT2D eigenvalue weighted by Crippen LogP contribution is 2.20. The van der Waals surface area contributed by atoms with Gasteiger partial charge in [-0.25, -0.2) is 9.97 Å². The van der Waals surface area contributed by atoms with Crippen LogP contribution in [0.1, 0.15) is 38.0 Å². The molecule has 1 heterocycles. The number of aryl methyl sites for hydroxylation is 1. The van der Waals surface area contributed by atoms with Crippen LogP contribution in [-0.2, 0) is 12.0 Å². The normalized spacial score (nSPS) is 11.8. The van der Waals surface area contributed by atoms with Gasteiger partial charge in [-0.1, -0.05) is 20.8 Å². The Morgan fingerprint density at radius 2 is 1.92 bits per heavy atom. The fourth-order valence-corrected chi connectivity index (χ4v) is 1.12. The van der Waals surface area contributed by atoms with Crippen molar-refractivity contribution in [2.24, 2.45) is 5.73 Å². The van der Waals surface area contributed by atoms with E-state index in [4.69, 9.17) is 5.73 Å². The van der Waals surface area contributed by atoms with Gasteiger partial charge in [-0.15, -0.1) is 0 Å². The van der Waals surface area contributed by atoms with Gasteiger partial charge in [0.2, 0.25) is 0 Å². The number of hydrogen-bond donors (Lipinski definition) is 1. The number of hydrogen-bond acceptors (Lipinski definition) is 3. The first-order valence-corrected chi connectivity index (χ1v) is 4.48. The van der Waals surface area contributed by atoms with Gasteiger partial charge in [0.15, 0.2) is 0 Å². The van der Waals surface area contributed by atoms with Crippen molar-refractivity contribution in [3.8, 4) is 0 Å². The molecule has 0 aliphatic rings. The zero-order chi connectivity index (χ0) is 10.1. The standard InChI is InChI=1S/C10H17N3/c1-7-12-8(6-11)5-9(13-7)10(2,3)4/h5H,6,11H2,1-4H3. The van der Waals surface area contributed by atoms with E-state index in [2.05, 4.69) is 30.7 Å². The Hall–Kier alpha value is -0.960. The van der Waals surface area contributed by atoms with Gasteiger partial charge in [0.05, 0.1) is 5.69 Å². The third kappa shape index (κ3) is 2.49. The van der Waals surface area contributed by atoms with Gasteiger partial charge in [0.25, 0.3) is 0 Å². The molecular weight excluding hydrogens is 162 g/mol. The minimum absolute atomic E-state index is 0.0671. The molecule has 0 aliphatic carbocycles. The van der Waals surface area contributed by atoms with Crippen LogP contribution in [0.4, 0.5) is 0 Å². The quantitative estimate of drug-likeness (QED) is 0.711. The second kappa shape index (κ2) is 3.42. The summed E-state index contributed by atoms with van der Waals surface area (Å²) in [6, 6.07) is 1.98. The van der Waals surface area contributed by atoms with E-state index < -0.39 is 0 Å². The predicted molar refractivity (Wildman–Crippen MR) is 53.4 cm³/mol. The van der Waals surface area contributed by atoms with Crippen molar-refractivity contribution in [1.82, 2.24) is 9.97 Å². The van der Waals surface area contributed by atoms with Crippen LogP contribution in [0.25, 0.3) is 0 Å². The van der Waals surface area contributed by atoms with Crippen LogP contribution >= 0.6 is 0 Å². The first kappa shape index (κ1) is 10.1. The highest BCUT2D eigenvalue weighted by Gasteiger charge is 2.16. The van der Waals surface area contributed by atoms with Gasteiger partial charge in [0, 0.05) is 17.7 Å². The van der Waals surface area contributed by atoms with Crippen LogP contribution in [0, 0.1) is 6.92 Å². The molecule has 3 heteroatoms. The lowest BCUT2D eigenvalue weighted by Gasteiger charge is -2.18. The predicted octanol–water partition coefficient (Wildman–Crippen LogP) is 1.54. The number of aromatic nitrogens is 2. The molecule has 13 heavy (non-hydrogen) atoms. The first-order chi connectivity index (χ1) is 5.93. The van der Waals surface area contributed by atoms with Crippen molar-refractivity contribution >= 4 is 0 Å². The van der Waals surface area contributed by atoms with Crippen molar-refractivity contribution in [2.45, 2.75) is 39.7 Å². The van der Waals surface area contributed by atoms with Gasteiger partial charge in [0.1, 0.15) is 5.82 Å². The van der Waals surface area contributed by atoms with E-state index in [1.165, 1.54) is 0 Å². The van der Waals surface area contributed by atoms with Gasteiger partial charge in [-0.3, -0.25) is 0 Å². The maximum atomic E-state index is 5.54. The Morgan fingerprint density at radius 1 is 1.31 bits per heavy atom. The molecule has 1 rings (SSSR count). The van der Waals surface area contributed by atoms with E-state index in [9.17, 15) is 0 Å². The molecule has 0 spiro atoms. The van der Waals surface area contributed by atoms with Crippen molar-refractivity contribution in [3.05, 3.63) is 23.3 Å². The van der Waals surface area contributed by atoms with Gasteiger partial charge in [-0.2, -0.15) is 0 Å². The number of rotatable bonds is 1. The smallest absolute Gasteiger partial charge is 0.125 e. The van der Waals surface area contributed by atoms with Gasteiger partial charge >= 0.3 is 0 Å². The van der Waals surface area contributed by atoms with Crippen LogP contribution in [0.5, 0.6) is 0 Å². The lowest BCUT2D eigenvalue weighted by atomic mass is 9.91. The summed E-state index contributed by atoms with van der Waals surface area (Å²) in [5, 5.41) is 0. The minimum Gasteiger partial charge on any atom is -0.325 e. The first-order valence-electron chi connectivity index (χ1n) is 4.48. The topological polar surface area (TPSA) is 51.8 Å². The summed E-state index contributed by atoms with van der Waals surface area (Å²) in [5.41, 5.74) is 7.58. The number of nitrogens with zero attached hydrogens (tertiary/aromatic N) is 2. The van der Waals surface area contributed by atoms with Crippen LogP contribution in [-0.4, -0.2) is 9.97 Å². The van der Waals surface area contributed by atoms with Crippen LogP contribution in [0.3, 0.4) is 0 Å². The lowest BCUT2D eigenvalue weighted by molar-refractivity contribution is 0.562. The average molecular weight is 179 g/mol. The maximum Gasteiger partial charge on any atom is 0.125 e. The van der Waals surface area contributed by atoms with Gasteiger partial charge in [-0.05, 0) is 13.0 Å². The fraction of sp³-hybridized carbons (Fsp3) is 0.600. The molecule has 72 valence electrons. The second-order valence-electron chi connectivity index (χ2n) is 4.25. The fourth-order valence-electron chi connectivity index (χ4n) is 1.12. The monoisotopic (exact) mass is 179 g/mol. The molecule has 0 aromatic carbocycles. The summed E-state index contributed by atoms with van der Waals surface area (Å²) < 4.78 is 0.